The Morgan fingerprint density at radius 3 is 1.98 bits per heavy atom. The Morgan fingerprint density at radius 2 is 1.49 bits per heavy atom. The predicted molar refractivity (Wildman–Crippen MR) is 176 cm³/mol. The van der Waals surface area contributed by atoms with Gasteiger partial charge in [0.1, 0.15) is 6.61 Å². The highest BCUT2D eigenvalue weighted by Gasteiger charge is 2.45. The zero-order valence-corrected chi connectivity index (χ0v) is 26.0. The lowest BCUT2D eigenvalue weighted by Crippen LogP contribution is -2.48. The maximum absolute atomic E-state index is 13.3. The van der Waals surface area contributed by atoms with Gasteiger partial charge in [-0.1, -0.05) is 109 Å². The fourth-order valence-corrected chi connectivity index (χ4v) is 8.04. The zero-order chi connectivity index (χ0) is 31.6. The van der Waals surface area contributed by atoms with E-state index in [-0.39, 0.29) is 24.1 Å². The first-order valence-electron chi connectivity index (χ1n) is 15.3. The molecule has 3 N–H and O–H groups in total. The van der Waals surface area contributed by atoms with Crippen molar-refractivity contribution in [2.45, 2.75) is 47.8 Å². The number of urea groups is 1. The minimum Gasteiger partial charge on any atom is -0.445 e. The monoisotopic (exact) mass is 628 g/mol. The smallest absolute Gasteiger partial charge is 0.410 e. The number of amidine groups is 1. The van der Waals surface area contributed by atoms with Gasteiger partial charge >= 0.3 is 12.1 Å². The Balaban J connectivity index is 1.44. The molecular formula is C35H40N4O5S. The van der Waals surface area contributed by atoms with Gasteiger partial charge in [-0.05, 0) is 36.0 Å². The molecule has 0 saturated carbocycles. The average molecular weight is 629 g/mol. The summed E-state index contributed by atoms with van der Waals surface area (Å²) in [6.07, 6.45) is 2.32. The Kier molecular flexibility index (Phi) is 10.8. The summed E-state index contributed by atoms with van der Waals surface area (Å²) in [4.78, 5) is 29.5. The summed E-state index contributed by atoms with van der Waals surface area (Å²) in [6, 6.07) is 30.3. The number of likely N-dealkylation sites (tertiary alicyclic amines) is 2. The lowest BCUT2D eigenvalue weighted by molar-refractivity contribution is 0.0948. The molecule has 2 atom stereocenters. The van der Waals surface area contributed by atoms with Crippen molar-refractivity contribution < 1.29 is 24.6 Å². The van der Waals surface area contributed by atoms with Gasteiger partial charge in [-0.2, -0.15) is 0 Å². The van der Waals surface area contributed by atoms with Crippen LogP contribution in [-0.2, 0) is 9.48 Å². The average Bonchev–Trinajstić information content (AvgIpc) is 3.49. The molecule has 3 aromatic carbocycles. The van der Waals surface area contributed by atoms with E-state index in [1.807, 2.05) is 54.6 Å². The lowest BCUT2D eigenvalue weighted by atomic mass is 9.84. The van der Waals surface area contributed by atoms with Crippen LogP contribution in [0.4, 0.5) is 9.59 Å². The van der Waals surface area contributed by atoms with E-state index in [1.54, 1.807) is 21.6 Å². The molecule has 0 radical (unpaired) electrons. The number of carbonyl (C=O) groups excluding carboxylic acids is 2. The van der Waals surface area contributed by atoms with Crippen LogP contribution in [0, 0.1) is 0 Å². The van der Waals surface area contributed by atoms with Gasteiger partial charge in [0.05, 0.1) is 10.9 Å². The van der Waals surface area contributed by atoms with Crippen molar-refractivity contribution in [1.29, 1.82) is 0 Å². The van der Waals surface area contributed by atoms with Crippen molar-refractivity contribution >= 4 is 29.7 Å². The minimum atomic E-state index is -0.582. The number of hydrogen-bond acceptors (Lipinski definition) is 7. The number of thioether (sulfide) groups is 1. The third-order valence-electron chi connectivity index (χ3n) is 8.37. The predicted octanol–water partition coefficient (Wildman–Crippen LogP) is 5.82. The highest BCUT2D eigenvalue weighted by Crippen LogP contribution is 2.52. The van der Waals surface area contributed by atoms with Crippen molar-refractivity contribution in [3.8, 4) is 0 Å². The molecule has 2 heterocycles. The number of hydrogen-bond donors (Lipinski definition) is 3. The lowest BCUT2D eigenvalue weighted by Gasteiger charge is -2.37. The van der Waals surface area contributed by atoms with Crippen LogP contribution in [0.3, 0.4) is 0 Å². The number of nitrogens with zero attached hydrogens (tertiary/aromatic N) is 3. The maximum atomic E-state index is 13.3. The summed E-state index contributed by atoms with van der Waals surface area (Å²) in [7, 11) is 0. The van der Waals surface area contributed by atoms with Crippen LogP contribution in [0.15, 0.2) is 109 Å². The van der Waals surface area contributed by atoms with Crippen LogP contribution in [0.25, 0.3) is 0 Å². The number of rotatable bonds is 9. The van der Waals surface area contributed by atoms with E-state index in [0.717, 1.165) is 16.7 Å². The van der Waals surface area contributed by atoms with Crippen molar-refractivity contribution in [2.24, 2.45) is 5.16 Å². The van der Waals surface area contributed by atoms with E-state index in [4.69, 9.17) is 4.74 Å². The minimum absolute atomic E-state index is 0.0360. The molecule has 45 heavy (non-hydrogen) atoms. The molecule has 3 aromatic rings. The van der Waals surface area contributed by atoms with E-state index in [1.165, 1.54) is 6.08 Å². The van der Waals surface area contributed by atoms with Gasteiger partial charge < -0.3 is 24.9 Å². The highest BCUT2D eigenvalue weighted by molar-refractivity contribution is 8.01. The Hall–Kier alpha value is -4.28. The molecular weight excluding hydrogens is 588 g/mol. The molecule has 5 rings (SSSR count). The number of piperidine rings is 1. The van der Waals surface area contributed by atoms with E-state index >= 15 is 0 Å². The fraction of sp³-hybridized carbons (Fsp3) is 0.343. The number of carbonyl (C=O) groups is 2. The zero-order valence-electron chi connectivity index (χ0n) is 25.2. The maximum Gasteiger partial charge on any atom is 0.410 e. The first-order valence-corrected chi connectivity index (χ1v) is 16.2. The Bertz CT molecular complexity index is 1350. The van der Waals surface area contributed by atoms with E-state index in [2.05, 4.69) is 53.4 Å². The first-order chi connectivity index (χ1) is 21.9. The second-order valence-corrected chi connectivity index (χ2v) is 12.8. The van der Waals surface area contributed by atoms with Crippen LogP contribution < -0.4 is 5.32 Å². The molecule has 0 spiro atoms. The number of aliphatic hydroxyl groups is 1. The van der Waals surface area contributed by atoms with Gasteiger partial charge in [-0.3, -0.25) is 5.32 Å². The van der Waals surface area contributed by atoms with Gasteiger partial charge in [0.15, 0.2) is 5.84 Å². The highest BCUT2D eigenvalue weighted by atomic mass is 32.2. The molecule has 2 fully saturated rings. The van der Waals surface area contributed by atoms with Gasteiger partial charge in [0.25, 0.3) is 0 Å². The van der Waals surface area contributed by atoms with Crippen LogP contribution >= 0.6 is 11.8 Å². The Labute approximate surface area is 268 Å². The summed E-state index contributed by atoms with van der Waals surface area (Å²) < 4.78 is 4.89. The number of oxime groups is 1. The molecule has 2 aliphatic heterocycles. The summed E-state index contributed by atoms with van der Waals surface area (Å²) in [5.74, 6) is 0.0729. The van der Waals surface area contributed by atoms with Gasteiger partial charge in [-0.15, -0.1) is 11.8 Å². The van der Waals surface area contributed by atoms with Crippen molar-refractivity contribution in [3.63, 3.8) is 0 Å². The van der Waals surface area contributed by atoms with E-state index in [0.29, 0.717) is 38.9 Å². The topological polar surface area (TPSA) is 115 Å². The molecule has 2 aliphatic rings. The largest absolute Gasteiger partial charge is 0.445 e. The molecule has 10 heteroatoms. The summed E-state index contributed by atoms with van der Waals surface area (Å²) in [5, 5.41) is 25.8. The van der Waals surface area contributed by atoms with Crippen LogP contribution in [0.5, 0.6) is 0 Å². The van der Waals surface area contributed by atoms with E-state index in [9.17, 15) is 19.9 Å². The molecule has 2 saturated heterocycles. The third kappa shape index (κ3) is 7.51. The molecule has 9 nitrogen and oxygen atoms in total. The second-order valence-electron chi connectivity index (χ2n) is 11.3. The number of ether oxygens (including phenoxy) is 1. The van der Waals surface area contributed by atoms with Crippen LogP contribution in [0.1, 0.15) is 42.4 Å². The number of nitrogens with one attached hydrogen (secondary N) is 1. The molecule has 0 bridgehead atoms. The fourth-order valence-electron chi connectivity index (χ4n) is 6.17. The molecule has 0 aromatic heterocycles. The number of benzene rings is 3. The van der Waals surface area contributed by atoms with Gasteiger partial charge in [-0.25, -0.2) is 9.59 Å². The third-order valence-corrected chi connectivity index (χ3v) is 10.1. The number of aliphatic hydroxyl groups excluding tert-OH is 1. The van der Waals surface area contributed by atoms with Crippen LogP contribution in [0.2, 0.25) is 0 Å². The Morgan fingerprint density at radius 1 is 0.956 bits per heavy atom. The van der Waals surface area contributed by atoms with Gasteiger partial charge in [0, 0.05) is 37.3 Å². The summed E-state index contributed by atoms with van der Waals surface area (Å²) in [6.45, 7) is 4.96. The van der Waals surface area contributed by atoms with Crippen molar-refractivity contribution in [2.75, 3.05) is 26.2 Å². The van der Waals surface area contributed by atoms with E-state index < -0.39 is 29.0 Å². The van der Waals surface area contributed by atoms with Gasteiger partial charge in [0.2, 0.25) is 0 Å². The standard InChI is InChI=1S/C35H40N4O5S/c1-2-22-44-34(42)39-25-31(23-29(39)24-32(37-43)36-33(41)38-20-18-30(40)19-21-38)45-35(26-12-6-3-7-13-26,27-14-8-4-9-15-27)28-16-10-5-11-17-28/h2-17,29-31,40,43H,1,18-25H2,(H,36,37,41)/t29-,31-/m0/s1. The van der Waals surface area contributed by atoms with Crippen molar-refractivity contribution in [3.05, 3.63) is 120 Å². The van der Waals surface area contributed by atoms with Crippen LogP contribution in [-0.4, -0.2) is 81.7 Å². The summed E-state index contributed by atoms with van der Waals surface area (Å²) >= 11 is 1.79. The normalized spacial score (nSPS) is 19.3. The molecule has 0 aliphatic carbocycles. The molecule has 236 valence electrons. The SMILES string of the molecule is C=CCOC(=O)N1C[C@@H](SC(c2ccccc2)(c2ccccc2)c2ccccc2)C[C@H]1C/C(=N/O)NC(=O)N1CCC(O)CC1. The quantitative estimate of drug-likeness (QED) is 0.0687. The molecule has 0 unspecified atom stereocenters. The summed E-state index contributed by atoms with van der Waals surface area (Å²) in [5.41, 5.74) is 3.36. The van der Waals surface area contributed by atoms with Crippen molar-refractivity contribution in [1.82, 2.24) is 15.1 Å². The first kappa shape index (κ1) is 32.1. The second kappa shape index (κ2) is 15.1. The number of amides is 3. The molecule has 3 amide bonds.